The molecular weight excluding hydrogens is 225 g/mol. The average Bonchev–Trinajstić information content (AvgIpc) is 2.28. The first-order chi connectivity index (χ1) is 8.04. The Morgan fingerprint density at radius 3 is 2.82 bits per heavy atom. The van der Waals surface area contributed by atoms with E-state index in [0.717, 1.165) is 0 Å². The van der Waals surface area contributed by atoms with Crippen molar-refractivity contribution < 1.29 is 19.0 Å². The fraction of sp³-hybridized carbons (Fsp3) is 0.417. The minimum Gasteiger partial charge on any atom is -0.479 e. The van der Waals surface area contributed by atoms with E-state index in [1.807, 2.05) is 0 Å². The van der Waals surface area contributed by atoms with Crippen LogP contribution in [0.15, 0.2) is 24.3 Å². The predicted molar refractivity (Wildman–Crippen MR) is 62.7 cm³/mol. The van der Waals surface area contributed by atoms with Crippen LogP contribution in [0.3, 0.4) is 0 Å². The smallest absolute Gasteiger partial charge is 0.334 e. The molecule has 0 saturated carbocycles. The summed E-state index contributed by atoms with van der Waals surface area (Å²) in [4.78, 5) is 12.5. The zero-order valence-corrected chi connectivity index (χ0v) is 9.89. The van der Waals surface area contributed by atoms with Crippen molar-refractivity contribution >= 4 is 11.7 Å². The van der Waals surface area contributed by atoms with Gasteiger partial charge in [-0.05, 0) is 25.1 Å². The van der Waals surface area contributed by atoms with Gasteiger partial charge < -0.3 is 14.7 Å². The predicted octanol–water partition coefficient (Wildman–Crippen LogP) is 1.75. The lowest BCUT2D eigenvalue weighted by Crippen LogP contribution is -2.36. The van der Waals surface area contributed by atoms with Gasteiger partial charge in [0.25, 0.3) is 0 Å². The molecule has 0 aromatic heterocycles. The number of benzene rings is 1. The molecule has 0 radical (unpaired) electrons. The standard InChI is InChI=1S/C12H16FNO3/c1-3-17-11(12(15)16)8-14(2)10-6-4-5-9(13)7-10/h4-7,11H,3,8H2,1-2H3,(H,15,16). The number of nitrogens with zero attached hydrogens (tertiary/aromatic N) is 1. The Labute approximate surface area is 99.6 Å². The number of ether oxygens (including phenoxy) is 1. The van der Waals surface area contributed by atoms with Crippen molar-refractivity contribution in [1.29, 1.82) is 0 Å². The first kappa shape index (κ1) is 13.4. The second kappa shape index (κ2) is 6.20. The summed E-state index contributed by atoms with van der Waals surface area (Å²) < 4.78 is 18.1. The summed E-state index contributed by atoms with van der Waals surface area (Å²) in [5.74, 6) is -1.37. The van der Waals surface area contributed by atoms with E-state index in [9.17, 15) is 9.18 Å². The number of hydrogen-bond donors (Lipinski definition) is 1. The van der Waals surface area contributed by atoms with Crippen molar-refractivity contribution in [2.24, 2.45) is 0 Å². The van der Waals surface area contributed by atoms with Gasteiger partial charge in [-0.25, -0.2) is 9.18 Å². The minimum absolute atomic E-state index is 0.173. The number of carboxylic acids is 1. The SMILES string of the molecule is CCOC(CN(C)c1cccc(F)c1)C(=O)O. The Bertz CT molecular complexity index is 384. The monoisotopic (exact) mass is 241 g/mol. The molecule has 1 unspecified atom stereocenters. The van der Waals surface area contributed by atoms with Gasteiger partial charge in [-0.2, -0.15) is 0 Å². The Hall–Kier alpha value is -1.62. The molecule has 1 N–H and O–H groups in total. The summed E-state index contributed by atoms with van der Waals surface area (Å²) in [5, 5.41) is 8.93. The molecule has 0 bridgehead atoms. The molecule has 1 aromatic rings. The quantitative estimate of drug-likeness (QED) is 0.824. The van der Waals surface area contributed by atoms with Crippen molar-refractivity contribution in [2.75, 3.05) is 25.1 Å². The average molecular weight is 241 g/mol. The third kappa shape index (κ3) is 4.03. The number of carbonyl (C=O) groups is 1. The van der Waals surface area contributed by atoms with Crippen molar-refractivity contribution in [3.8, 4) is 0 Å². The highest BCUT2D eigenvalue weighted by atomic mass is 19.1. The van der Waals surface area contributed by atoms with Gasteiger partial charge in [0.05, 0.1) is 6.54 Å². The highest BCUT2D eigenvalue weighted by Crippen LogP contribution is 2.14. The minimum atomic E-state index is -1.02. The van der Waals surface area contributed by atoms with Crippen molar-refractivity contribution in [3.05, 3.63) is 30.1 Å². The first-order valence-corrected chi connectivity index (χ1v) is 5.35. The lowest BCUT2D eigenvalue weighted by atomic mass is 10.2. The summed E-state index contributed by atoms with van der Waals surface area (Å²) >= 11 is 0. The van der Waals surface area contributed by atoms with Crippen LogP contribution in [0.5, 0.6) is 0 Å². The number of aliphatic carboxylic acids is 1. The van der Waals surface area contributed by atoms with Crippen LogP contribution >= 0.6 is 0 Å². The van der Waals surface area contributed by atoms with Crippen LogP contribution in [-0.2, 0) is 9.53 Å². The number of hydrogen-bond acceptors (Lipinski definition) is 3. The van der Waals surface area contributed by atoms with E-state index in [1.54, 1.807) is 31.0 Å². The third-order valence-electron chi connectivity index (χ3n) is 2.33. The summed E-state index contributed by atoms with van der Waals surface area (Å²) in [6, 6.07) is 5.99. The summed E-state index contributed by atoms with van der Waals surface area (Å²) in [7, 11) is 1.70. The molecule has 0 amide bonds. The molecule has 0 aliphatic heterocycles. The molecule has 0 fully saturated rings. The Morgan fingerprint density at radius 1 is 1.59 bits per heavy atom. The fourth-order valence-corrected chi connectivity index (χ4v) is 1.47. The van der Waals surface area contributed by atoms with E-state index in [2.05, 4.69) is 0 Å². The Kier molecular flexibility index (Phi) is 4.90. The number of rotatable bonds is 6. The molecule has 1 rings (SSSR count). The van der Waals surface area contributed by atoms with E-state index < -0.39 is 12.1 Å². The molecule has 0 saturated heterocycles. The zero-order chi connectivity index (χ0) is 12.8. The van der Waals surface area contributed by atoms with Gasteiger partial charge in [0.15, 0.2) is 6.10 Å². The number of likely N-dealkylation sites (N-methyl/N-ethyl adjacent to an activating group) is 1. The summed E-state index contributed by atoms with van der Waals surface area (Å²) in [6.07, 6.45) is -0.909. The van der Waals surface area contributed by atoms with E-state index in [-0.39, 0.29) is 12.4 Å². The lowest BCUT2D eigenvalue weighted by molar-refractivity contribution is -0.149. The topological polar surface area (TPSA) is 49.8 Å². The molecule has 0 heterocycles. The Balaban J connectivity index is 2.69. The molecule has 4 nitrogen and oxygen atoms in total. The van der Waals surface area contributed by atoms with Gasteiger partial charge in [0.1, 0.15) is 5.82 Å². The van der Waals surface area contributed by atoms with Crippen LogP contribution < -0.4 is 4.90 Å². The molecule has 0 spiro atoms. The molecule has 17 heavy (non-hydrogen) atoms. The molecule has 0 aliphatic carbocycles. The Morgan fingerprint density at radius 2 is 2.29 bits per heavy atom. The van der Waals surface area contributed by atoms with Crippen molar-refractivity contribution in [2.45, 2.75) is 13.0 Å². The highest BCUT2D eigenvalue weighted by Gasteiger charge is 2.19. The van der Waals surface area contributed by atoms with Crippen LogP contribution in [-0.4, -0.2) is 37.4 Å². The highest BCUT2D eigenvalue weighted by molar-refractivity contribution is 5.73. The largest absolute Gasteiger partial charge is 0.479 e. The van der Waals surface area contributed by atoms with Crippen molar-refractivity contribution in [1.82, 2.24) is 0 Å². The number of halogens is 1. The molecule has 0 aliphatic rings. The van der Waals surface area contributed by atoms with Gasteiger partial charge >= 0.3 is 5.97 Å². The maximum absolute atomic E-state index is 13.0. The van der Waals surface area contributed by atoms with Crippen LogP contribution in [0.2, 0.25) is 0 Å². The van der Waals surface area contributed by atoms with Gasteiger partial charge in [0, 0.05) is 19.3 Å². The van der Waals surface area contributed by atoms with E-state index in [4.69, 9.17) is 9.84 Å². The fourth-order valence-electron chi connectivity index (χ4n) is 1.47. The molecule has 1 aromatic carbocycles. The summed E-state index contributed by atoms with van der Waals surface area (Å²) in [5.41, 5.74) is 0.621. The van der Waals surface area contributed by atoms with Gasteiger partial charge in [-0.1, -0.05) is 6.07 Å². The molecule has 5 heteroatoms. The number of carboxylic acid groups (broad SMARTS) is 1. The maximum Gasteiger partial charge on any atom is 0.334 e. The molecular formula is C12H16FNO3. The maximum atomic E-state index is 13.0. The van der Waals surface area contributed by atoms with Crippen LogP contribution in [0.4, 0.5) is 10.1 Å². The zero-order valence-electron chi connectivity index (χ0n) is 9.89. The van der Waals surface area contributed by atoms with Crippen molar-refractivity contribution in [3.63, 3.8) is 0 Å². The number of anilines is 1. The van der Waals surface area contributed by atoms with Crippen LogP contribution in [0.25, 0.3) is 0 Å². The van der Waals surface area contributed by atoms with Gasteiger partial charge in [-0.3, -0.25) is 0 Å². The van der Waals surface area contributed by atoms with Crippen LogP contribution in [0, 0.1) is 5.82 Å². The van der Waals surface area contributed by atoms with E-state index >= 15 is 0 Å². The normalized spacial score (nSPS) is 12.2. The van der Waals surface area contributed by atoms with Gasteiger partial charge in [-0.15, -0.1) is 0 Å². The van der Waals surface area contributed by atoms with E-state index in [0.29, 0.717) is 12.3 Å². The second-order valence-electron chi connectivity index (χ2n) is 3.64. The van der Waals surface area contributed by atoms with Crippen LogP contribution in [0.1, 0.15) is 6.92 Å². The third-order valence-corrected chi connectivity index (χ3v) is 2.33. The molecule has 1 atom stereocenters. The van der Waals surface area contributed by atoms with Gasteiger partial charge in [0.2, 0.25) is 0 Å². The first-order valence-electron chi connectivity index (χ1n) is 5.35. The second-order valence-corrected chi connectivity index (χ2v) is 3.64. The lowest BCUT2D eigenvalue weighted by Gasteiger charge is -2.23. The van der Waals surface area contributed by atoms with E-state index in [1.165, 1.54) is 12.1 Å². The molecule has 94 valence electrons. The summed E-state index contributed by atoms with van der Waals surface area (Å²) in [6.45, 7) is 2.23.